The second kappa shape index (κ2) is 8.98. The first kappa shape index (κ1) is 19.3. The van der Waals surface area contributed by atoms with Gasteiger partial charge >= 0.3 is 0 Å². The van der Waals surface area contributed by atoms with Crippen molar-refractivity contribution in [1.29, 1.82) is 0 Å². The molecule has 0 bridgehead atoms. The van der Waals surface area contributed by atoms with E-state index in [1.807, 2.05) is 24.3 Å². The third kappa shape index (κ3) is 5.28. The van der Waals surface area contributed by atoms with E-state index in [0.29, 0.717) is 27.9 Å². The Morgan fingerprint density at radius 1 is 1.04 bits per heavy atom. The maximum absolute atomic E-state index is 13.8. The number of aryl methyl sites for hydroxylation is 1. The zero-order valence-corrected chi connectivity index (χ0v) is 16.4. The molecule has 3 rings (SSSR count). The highest BCUT2D eigenvalue weighted by molar-refractivity contribution is 7.80. The van der Waals surface area contributed by atoms with Gasteiger partial charge in [-0.25, -0.2) is 4.39 Å². The van der Waals surface area contributed by atoms with Crippen LogP contribution in [0, 0.1) is 12.7 Å². The second-order valence-electron chi connectivity index (χ2n) is 6.18. The molecule has 0 saturated heterocycles. The van der Waals surface area contributed by atoms with E-state index >= 15 is 0 Å². The van der Waals surface area contributed by atoms with Gasteiger partial charge in [-0.15, -0.1) is 0 Å². The maximum atomic E-state index is 13.8. The number of ether oxygens (including phenoxy) is 1. The molecule has 0 saturated carbocycles. The summed E-state index contributed by atoms with van der Waals surface area (Å²) in [5.74, 6) is 0.250. The van der Waals surface area contributed by atoms with Gasteiger partial charge in [0.2, 0.25) is 0 Å². The lowest BCUT2D eigenvalue weighted by atomic mass is 10.1. The van der Waals surface area contributed by atoms with Gasteiger partial charge in [0.25, 0.3) is 0 Å². The molecule has 0 heterocycles. The van der Waals surface area contributed by atoms with Gasteiger partial charge in [0, 0.05) is 17.7 Å². The predicted molar refractivity (Wildman–Crippen MR) is 112 cm³/mol. The average molecular weight is 400 g/mol. The van der Waals surface area contributed by atoms with Gasteiger partial charge < -0.3 is 10.1 Å². The monoisotopic (exact) mass is 399 g/mol. The first-order valence-corrected chi connectivity index (χ1v) is 9.31. The van der Waals surface area contributed by atoms with Crippen molar-refractivity contribution >= 4 is 28.8 Å². The summed E-state index contributed by atoms with van der Waals surface area (Å²) >= 11 is 11.5. The first-order chi connectivity index (χ1) is 13.0. The minimum atomic E-state index is -0.374. The number of rotatable bonds is 6. The molecule has 0 atom stereocenters. The number of thiocarbonyl (C=S) groups is 1. The van der Waals surface area contributed by atoms with E-state index < -0.39 is 0 Å². The van der Waals surface area contributed by atoms with Crippen LogP contribution >= 0.6 is 23.8 Å². The van der Waals surface area contributed by atoms with Gasteiger partial charge in [-0.3, -0.25) is 0 Å². The molecule has 0 unspecified atom stereocenters. The number of halogens is 2. The van der Waals surface area contributed by atoms with Crippen molar-refractivity contribution in [2.45, 2.75) is 20.1 Å². The fourth-order valence-corrected chi connectivity index (χ4v) is 2.94. The van der Waals surface area contributed by atoms with E-state index in [4.69, 9.17) is 28.6 Å². The van der Waals surface area contributed by atoms with E-state index in [0.717, 1.165) is 5.56 Å². The van der Waals surface area contributed by atoms with E-state index in [1.54, 1.807) is 12.1 Å². The van der Waals surface area contributed by atoms with Crippen LogP contribution < -0.4 is 10.1 Å². The van der Waals surface area contributed by atoms with Crippen LogP contribution in [0.15, 0.2) is 66.7 Å². The Balaban J connectivity index is 1.56. The Hall–Kier alpha value is -2.43. The summed E-state index contributed by atoms with van der Waals surface area (Å²) in [5.41, 5.74) is 3.64. The topological polar surface area (TPSA) is 21.3 Å². The molecule has 0 aliphatic heterocycles. The minimum absolute atomic E-state index is 0.0704. The molecule has 0 aliphatic carbocycles. The fraction of sp³-hybridized carbons (Fsp3) is 0.136. The van der Waals surface area contributed by atoms with Crippen LogP contribution in [0.2, 0.25) is 5.02 Å². The van der Waals surface area contributed by atoms with Crippen molar-refractivity contribution in [2.24, 2.45) is 0 Å². The van der Waals surface area contributed by atoms with Gasteiger partial charge in [0.05, 0.1) is 5.02 Å². The predicted octanol–water partition coefficient (Wildman–Crippen LogP) is 5.83. The fourth-order valence-electron chi connectivity index (χ4n) is 2.52. The molecule has 2 nitrogen and oxygen atoms in total. The molecule has 3 aromatic rings. The lowest BCUT2D eigenvalue weighted by Crippen LogP contribution is -2.21. The van der Waals surface area contributed by atoms with E-state index in [9.17, 15) is 4.39 Å². The van der Waals surface area contributed by atoms with Crippen molar-refractivity contribution in [1.82, 2.24) is 5.32 Å². The summed E-state index contributed by atoms with van der Waals surface area (Å²) in [6, 6.07) is 20.3. The molecule has 27 heavy (non-hydrogen) atoms. The first-order valence-electron chi connectivity index (χ1n) is 8.52. The van der Waals surface area contributed by atoms with Gasteiger partial charge in [0.15, 0.2) is 0 Å². The van der Waals surface area contributed by atoms with Gasteiger partial charge in [-0.1, -0.05) is 59.7 Å². The van der Waals surface area contributed by atoms with E-state index in [1.165, 1.54) is 17.2 Å². The van der Waals surface area contributed by atoms with E-state index in [2.05, 4.69) is 36.5 Å². The average Bonchev–Trinajstić information content (AvgIpc) is 2.67. The number of nitrogens with one attached hydrogen (secondary N) is 1. The van der Waals surface area contributed by atoms with Crippen LogP contribution in [0.1, 0.15) is 22.3 Å². The Kier molecular flexibility index (Phi) is 6.43. The summed E-state index contributed by atoms with van der Waals surface area (Å²) in [6.07, 6.45) is 0. The summed E-state index contributed by atoms with van der Waals surface area (Å²) < 4.78 is 19.4. The van der Waals surface area contributed by atoms with Crippen molar-refractivity contribution in [3.63, 3.8) is 0 Å². The molecule has 1 N–H and O–H groups in total. The molecule has 5 heteroatoms. The number of hydrogen-bond donors (Lipinski definition) is 1. The Bertz CT molecular complexity index is 906. The third-order valence-electron chi connectivity index (χ3n) is 4.14. The molecule has 138 valence electrons. The highest BCUT2D eigenvalue weighted by atomic mass is 35.5. The Morgan fingerprint density at radius 2 is 1.74 bits per heavy atom. The molecule has 0 radical (unpaired) electrons. The van der Waals surface area contributed by atoms with Crippen molar-refractivity contribution in [3.8, 4) is 5.75 Å². The number of benzene rings is 3. The lowest BCUT2D eigenvalue weighted by molar-refractivity contribution is 0.300. The summed E-state index contributed by atoms with van der Waals surface area (Å²) in [5, 5.41) is 3.61. The maximum Gasteiger partial charge on any atom is 0.131 e. The lowest BCUT2D eigenvalue weighted by Gasteiger charge is -2.11. The standard InChI is InChI=1S/C22H19ClFNOS/c1-15-5-7-16(8-6-15)13-25-22(27)17-9-11-18(12-10-17)26-14-19-20(23)3-2-4-21(19)24/h2-12H,13-14H2,1H3,(H,25,27). The van der Waals surface area contributed by atoms with Gasteiger partial charge in [-0.2, -0.15) is 0 Å². The molecular formula is C22H19ClFNOS. The van der Waals surface area contributed by atoms with Gasteiger partial charge in [0.1, 0.15) is 23.2 Å². The molecule has 0 spiro atoms. The molecule has 3 aromatic carbocycles. The van der Waals surface area contributed by atoms with Crippen LogP contribution in [-0.2, 0) is 13.2 Å². The summed E-state index contributed by atoms with van der Waals surface area (Å²) in [4.78, 5) is 0.666. The molecule has 0 fully saturated rings. The van der Waals surface area contributed by atoms with Crippen LogP contribution in [-0.4, -0.2) is 4.99 Å². The van der Waals surface area contributed by atoms with Crippen molar-refractivity contribution < 1.29 is 9.13 Å². The highest BCUT2D eigenvalue weighted by Crippen LogP contribution is 2.21. The highest BCUT2D eigenvalue weighted by Gasteiger charge is 2.08. The summed E-state index contributed by atoms with van der Waals surface area (Å²) in [7, 11) is 0. The van der Waals surface area contributed by atoms with Crippen LogP contribution in [0.3, 0.4) is 0 Å². The third-order valence-corrected chi connectivity index (χ3v) is 4.87. The smallest absolute Gasteiger partial charge is 0.131 e. The van der Waals surface area contributed by atoms with Crippen molar-refractivity contribution in [3.05, 3.63) is 99.8 Å². The van der Waals surface area contributed by atoms with E-state index in [-0.39, 0.29) is 12.4 Å². The van der Waals surface area contributed by atoms with Crippen LogP contribution in [0.4, 0.5) is 4.39 Å². The molecule has 0 aromatic heterocycles. The Morgan fingerprint density at radius 3 is 2.41 bits per heavy atom. The van der Waals surface area contributed by atoms with Crippen LogP contribution in [0.5, 0.6) is 5.75 Å². The van der Waals surface area contributed by atoms with Crippen molar-refractivity contribution in [2.75, 3.05) is 0 Å². The van der Waals surface area contributed by atoms with Gasteiger partial charge in [-0.05, 0) is 48.9 Å². The quantitative estimate of drug-likeness (QED) is 0.527. The van der Waals surface area contributed by atoms with Crippen LogP contribution in [0.25, 0.3) is 0 Å². The molecule has 0 amide bonds. The largest absolute Gasteiger partial charge is 0.489 e. The zero-order valence-electron chi connectivity index (χ0n) is 14.8. The SMILES string of the molecule is Cc1ccc(CNC(=S)c2ccc(OCc3c(F)cccc3Cl)cc2)cc1. The minimum Gasteiger partial charge on any atom is -0.489 e. The normalized spacial score (nSPS) is 10.5. The number of hydrogen-bond acceptors (Lipinski definition) is 2. The molecule has 0 aliphatic rings. The second-order valence-corrected chi connectivity index (χ2v) is 7.00. The summed E-state index contributed by atoms with van der Waals surface area (Å²) in [6.45, 7) is 2.80. The Labute approximate surface area is 168 Å². The molecular weight excluding hydrogens is 381 g/mol. The zero-order chi connectivity index (χ0) is 19.2.